The molecular weight excluding hydrogens is 410 g/mol. The van der Waals surface area contributed by atoms with Crippen molar-refractivity contribution in [2.75, 3.05) is 13.2 Å². The quantitative estimate of drug-likeness (QED) is 0.436. The lowest BCUT2D eigenvalue weighted by Crippen LogP contribution is -2.27. The van der Waals surface area contributed by atoms with Gasteiger partial charge in [-0.25, -0.2) is 0 Å². The average Bonchev–Trinajstić information content (AvgIpc) is 3.03. The maximum absolute atomic E-state index is 13.0. The minimum Gasteiger partial charge on any atom is -0.490 e. The number of nitrogens with zero attached hydrogens (tertiary/aromatic N) is 1. The van der Waals surface area contributed by atoms with E-state index in [1.165, 1.54) is 4.90 Å². The highest BCUT2D eigenvalue weighted by molar-refractivity contribution is 8.18. The topological polar surface area (TPSA) is 55.8 Å². The third kappa shape index (κ3) is 4.44. The molecule has 5 nitrogen and oxygen atoms in total. The summed E-state index contributed by atoms with van der Waals surface area (Å²) in [6.45, 7) is 5.10. The summed E-state index contributed by atoms with van der Waals surface area (Å²) in [5, 5.41) is 1.86. The minimum absolute atomic E-state index is 0.247. The van der Waals surface area contributed by atoms with Crippen molar-refractivity contribution in [2.45, 2.75) is 20.4 Å². The highest BCUT2D eigenvalue weighted by atomic mass is 32.2. The maximum atomic E-state index is 13.0. The standard InChI is InChI=1S/C25H23NO4S/c1-3-29-21-13-12-17(14-22(21)30-4-2)15-23-24(27)26(25(28)31-23)16-19-10-7-9-18-8-5-6-11-20(18)19/h5-15H,3-4,16H2,1-2H3/b23-15+. The van der Waals surface area contributed by atoms with E-state index in [9.17, 15) is 9.59 Å². The van der Waals surface area contributed by atoms with Crippen LogP contribution in [0.3, 0.4) is 0 Å². The van der Waals surface area contributed by atoms with Crippen molar-refractivity contribution < 1.29 is 19.1 Å². The number of amides is 2. The van der Waals surface area contributed by atoms with Crippen LogP contribution in [0.25, 0.3) is 16.8 Å². The van der Waals surface area contributed by atoms with Crippen LogP contribution >= 0.6 is 11.8 Å². The van der Waals surface area contributed by atoms with Crippen molar-refractivity contribution in [3.05, 3.63) is 76.7 Å². The van der Waals surface area contributed by atoms with Crippen LogP contribution in [0.5, 0.6) is 11.5 Å². The Hall–Kier alpha value is -3.25. The summed E-state index contributed by atoms with van der Waals surface area (Å²) in [7, 11) is 0. The second-order valence-electron chi connectivity index (χ2n) is 6.98. The molecule has 0 saturated carbocycles. The Labute approximate surface area is 185 Å². The largest absolute Gasteiger partial charge is 0.490 e. The van der Waals surface area contributed by atoms with Crippen molar-refractivity contribution >= 4 is 39.8 Å². The van der Waals surface area contributed by atoms with Crippen molar-refractivity contribution in [3.63, 3.8) is 0 Å². The zero-order chi connectivity index (χ0) is 21.8. The molecule has 0 atom stereocenters. The molecule has 0 N–H and O–H groups in total. The smallest absolute Gasteiger partial charge is 0.293 e. The number of thioether (sulfide) groups is 1. The van der Waals surface area contributed by atoms with Gasteiger partial charge in [-0.15, -0.1) is 0 Å². The molecule has 1 fully saturated rings. The van der Waals surface area contributed by atoms with E-state index in [-0.39, 0.29) is 17.7 Å². The fourth-order valence-electron chi connectivity index (χ4n) is 3.55. The molecule has 1 aliphatic rings. The van der Waals surface area contributed by atoms with E-state index in [0.717, 1.165) is 33.7 Å². The Bertz CT molecular complexity index is 1170. The molecule has 3 aromatic carbocycles. The van der Waals surface area contributed by atoms with Gasteiger partial charge in [-0.1, -0.05) is 48.5 Å². The van der Waals surface area contributed by atoms with Crippen LogP contribution < -0.4 is 9.47 Å². The van der Waals surface area contributed by atoms with E-state index in [1.54, 1.807) is 6.08 Å². The van der Waals surface area contributed by atoms with Crippen LogP contribution in [-0.4, -0.2) is 29.3 Å². The van der Waals surface area contributed by atoms with Gasteiger partial charge in [0.25, 0.3) is 11.1 Å². The second kappa shape index (κ2) is 9.27. The predicted molar refractivity (Wildman–Crippen MR) is 124 cm³/mol. The zero-order valence-corrected chi connectivity index (χ0v) is 18.3. The van der Waals surface area contributed by atoms with Crippen LogP contribution in [-0.2, 0) is 11.3 Å². The van der Waals surface area contributed by atoms with Gasteiger partial charge in [0, 0.05) is 0 Å². The monoisotopic (exact) mass is 433 g/mol. The number of benzene rings is 3. The fourth-order valence-corrected chi connectivity index (χ4v) is 4.38. The van der Waals surface area contributed by atoms with Crippen molar-refractivity contribution in [1.82, 2.24) is 4.90 Å². The molecule has 0 radical (unpaired) electrons. The number of carbonyl (C=O) groups is 2. The molecular formula is C25H23NO4S. The van der Waals surface area contributed by atoms with Gasteiger partial charge in [0.05, 0.1) is 24.7 Å². The summed E-state index contributed by atoms with van der Waals surface area (Å²) in [6.07, 6.45) is 1.73. The molecule has 1 heterocycles. The van der Waals surface area contributed by atoms with Gasteiger partial charge in [0.2, 0.25) is 0 Å². The van der Waals surface area contributed by atoms with Crippen LogP contribution in [0.15, 0.2) is 65.6 Å². The summed E-state index contributed by atoms with van der Waals surface area (Å²) < 4.78 is 11.3. The Balaban J connectivity index is 1.59. The van der Waals surface area contributed by atoms with E-state index in [0.29, 0.717) is 29.6 Å². The summed E-state index contributed by atoms with van der Waals surface area (Å²) >= 11 is 0.961. The lowest BCUT2D eigenvalue weighted by molar-refractivity contribution is -0.123. The number of carbonyl (C=O) groups excluding carboxylic acids is 2. The molecule has 2 amide bonds. The summed E-state index contributed by atoms with van der Waals surface area (Å²) in [5.74, 6) is 0.994. The molecule has 0 aromatic heterocycles. The lowest BCUT2D eigenvalue weighted by atomic mass is 10.0. The molecule has 1 saturated heterocycles. The van der Waals surface area contributed by atoms with Gasteiger partial charge in [0.1, 0.15) is 0 Å². The number of hydrogen-bond acceptors (Lipinski definition) is 5. The third-order valence-corrected chi connectivity index (χ3v) is 5.85. The van der Waals surface area contributed by atoms with E-state index in [1.807, 2.05) is 74.5 Å². The zero-order valence-electron chi connectivity index (χ0n) is 17.5. The van der Waals surface area contributed by atoms with Gasteiger partial charge in [-0.3, -0.25) is 14.5 Å². The summed E-state index contributed by atoms with van der Waals surface area (Å²) in [4.78, 5) is 27.3. The highest BCUT2D eigenvalue weighted by Crippen LogP contribution is 2.36. The molecule has 4 rings (SSSR count). The first-order valence-corrected chi connectivity index (χ1v) is 11.0. The van der Waals surface area contributed by atoms with Gasteiger partial charge in [-0.2, -0.15) is 0 Å². The number of fused-ring (bicyclic) bond motifs is 1. The van der Waals surface area contributed by atoms with Crippen LogP contribution in [0.1, 0.15) is 25.0 Å². The van der Waals surface area contributed by atoms with Crippen molar-refractivity contribution in [1.29, 1.82) is 0 Å². The Kier molecular flexibility index (Phi) is 6.28. The third-order valence-electron chi connectivity index (χ3n) is 4.95. The Morgan fingerprint density at radius 2 is 1.65 bits per heavy atom. The number of rotatable bonds is 7. The van der Waals surface area contributed by atoms with E-state index in [4.69, 9.17) is 9.47 Å². The number of hydrogen-bond donors (Lipinski definition) is 0. The molecule has 0 unspecified atom stereocenters. The molecule has 31 heavy (non-hydrogen) atoms. The second-order valence-corrected chi connectivity index (χ2v) is 7.97. The normalized spacial score (nSPS) is 15.2. The highest BCUT2D eigenvalue weighted by Gasteiger charge is 2.35. The predicted octanol–water partition coefficient (Wildman–Crippen LogP) is 5.87. The van der Waals surface area contributed by atoms with Gasteiger partial charge < -0.3 is 9.47 Å². The van der Waals surface area contributed by atoms with Crippen LogP contribution in [0, 0.1) is 0 Å². The number of ether oxygens (including phenoxy) is 2. The summed E-state index contributed by atoms with van der Waals surface area (Å²) in [5.41, 5.74) is 1.73. The van der Waals surface area contributed by atoms with Crippen LogP contribution in [0.2, 0.25) is 0 Å². The number of imide groups is 1. The molecule has 1 aliphatic heterocycles. The molecule has 6 heteroatoms. The molecule has 3 aromatic rings. The molecule has 0 bridgehead atoms. The lowest BCUT2D eigenvalue weighted by Gasteiger charge is -2.14. The van der Waals surface area contributed by atoms with Crippen molar-refractivity contribution in [2.24, 2.45) is 0 Å². The molecule has 0 spiro atoms. The first kappa shape index (κ1) is 21.0. The molecule has 0 aliphatic carbocycles. The van der Waals surface area contributed by atoms with Gasteiger partial charge >= 0.3 is 0 Å². The van der Waals surface area contributed by atoms with E-state index >= 15 is 0 Å². The molecule has 158 valence electrons. The maximum Gasteiger partial charge on any atom is 0.293 e. The van der Waals surface area contributed by atoms with Gasteiger partial charge in [-0.05, 0) is 65.7 Å². The Morgan fingerprint density at radius 1 is 0.903 bits per heavy atom. The van der Waals surface area contributed by atoms with Gasteiger partial charge in [0.15, 0.2) is 11.5 Å². The fraction of sp³-hybridized carbons (Fsp3) is 0.200. The Morgan fingerprint density at radius 3 is 2.45 bits per heavy atom. The van der Waals surface area contributed by atoms with Crippen LogP contribution in [0.4, 0.5) is 4.79 Å². The SMILES string of the molecule is CCOc1ccc(/C=C2/SC(=O)N(Cc3cccc4ccccc34)C2=O)cc1OCC. The van der Waals surface area contributed by atoms with Crippen molar-refractivity contribution in [3.8, 4) is 11.5 Å². The van der Waals surface area contributed by atoms with E-state index in [2.05, 4.69) is 0 Å². The first-order valence-electron chi connectivity index (χ1n) is 10.2. The average molecular weight is 434 g/mol. The summed E-state index contributed by atoms with van der Waals surface area (Å²) in [6, 6.07) is 19.4. The minimum atomic E-state index is -0.283. The first-order chi connectivity index (χ1) is 15.1. The van der Waals surface area contributed by atoms with E-state index < -0.39 is 0 Å².